The van der Waals surface area contributed by atoms with Crippen LogP contribution in [0, 0.1) is 0 Å². The Kier molecular flexibility index (Phi) is 3.18. The summed E-state index contributed by atoms with van der Waals surface area (Å²) < 4.78 is 22.8. The fourth-order valence-electron chi connectivity index (χ4n) is 0.839. The van der Waals surface area contributed by atoms with Gasteiger partial charge in [-0.3, -0.25) is 0 Å². The van der Waals surface area contributed by atoms with Crippen LogP contribution in [0.5, 0.6) is 0 Å². The molecule has 0 fully saturated rings. The monoisotopic (exact) mass is 239 g/mol. The molecule has 0 N–H and O–H groups in total. The molecule has 0 heterocycles. The van der Waals surface area contributed by atoms with Crippen LogP contribution in [0.2, 0.25) is 0 Å². The molecule has 0 aromatic rings. The van der Waals surface area contributed by atoms with Gasteiger partial charge >= 0.3 is 0 Å². The second-order valence-corrected chi connectivity index (χ2v) is 5.52. The Morgan fingerprint density at radius 3 is 2.38 bits per heavy atom. The summed E-state index contributed by atoms with van der Waals surface area (Å²) >= 11 is 10.3. The van der Waals surface area contributed by atoms with Gasteiger partial charge in [-0.15, -0.1) is 0 Å². The zero-order valence-corrected chi connectivity index (χ0v) is 8.90. The van der Waals surface area contributed by atoms with Gasteiger partial charge in [-0.05, 0) is 15.8 Å². The van der Waals surface area contributed by atoms with E-state index in [0.29, 0.717) is 6.42 Å². The number of hydrogen-bond acceptors (Lipinski definition) is 2. The van der Waals surface area contributed by atoms with Crippen molar-refractivity contribution in [2.24, 2.45) is 0 Å². The SMILES string of the molecule is C=C1C=CC(S(=O)(=O)N(Cl)Cl)=CC1. The molecule has 6 heteroatoms. The Labute approximate surface area is 87.2 Å². The van der Waals surface area contributed by atoms with Crippen LogP contribution in [0.1, 0.15) is 6.42 Å². The first kappa shape index (κ1) is 10.8. The van der Waals surface area contributed by atoms with Crippen LogP contribution >= 0.6 is 23.6 Å². The second-order valence-electron chi connectivity index (χ2n) is 2.48. The first-order chi connectivity index (χ1) is 5.94. The van der Waals surface area contributed by atoms with Crippen LogP contribution < -0.4 is 0 Å². The number of allylic oxidation sites excluding steroid dienone is 4. The molecule has 0 bridgehead atoms. The summed E-state index contributed by atoms with van der Waals surface area (Å²) in [6.07, 6.45) is 5.03. The summed E-state index contributed by atoms with van der Waals surface area (Å²) in [5, 5.41) is 0. The maximum atomic E-state index is 11.3. The third-order valence-corrected chi connectivity index (χ3v) is 3.88. The van der Waals surface area contributed by atoms with E-state index in [-0.39, 0.29) is 8.25 Å². The largest absolute Gasteiger partial charge is 0.270 e. The van der Waals surface area contributed by atoms with E-state index in [2.05, 4.69) is 6.58 Å². The molecule has 0 aliphatic heterocycles. The topological polar surface area (TPSA) is 37.4 Å². The van der Waals surface area contributed by atoms with E-state index < -0.39 is 10.0 Å². The Morgan fingerprint density at radius 1 is 1.38 bits per heavy atom. The number of hydrogen-bond donors (Lipinski definition) is 0. The van der Waals surface area contributed by atoms with E-state index >= 15 is 0 Å². The highest BCUT2D eigenvalue weighted by molar-refractivity contribution is 7.94. The van der Waals surface area contributed by atoms with Crippen molar-refractivity contribution in [2.75, 3.05) is 0 Å². The van der Waals surface area contributed by atoms with Gasteiger partial charge in [0.15, 0.2) is 0 Å². The van der Waals surface area contributed by atoms with Gasteiger partial charge in [-0.2, -0.15) is 0 Å². The Bertz CT molecular complexity index is 381. The average molecular weight is 240 g/mol. The molecule has 0 aromatic carbocycles. The molecule has 0 saturated carbocycles. The molecule has 3 nitrogen and oxygen atoms in total. The first-order valence-corrected chi connectivity index (χ1v) is 5.49. The Balaban J connectivity index is 3.00. The highest BCUT2D eigenvalue weighted by Crippen LogP contribution is 2.23. The van der Waals surface area contributed by atoms with Crippen LogP contribution in [-0.2, 0) is 10.0 Å². The van der Waals surface area contributed by atoms with Gasteiger partial charge in [-0.1, -0.05) is 24.3 Å². The van der Waals surface area contributed by atoms with E-state index in [1.165, 1.54) is 12.2 Å². The Morgan fingerprint density at radius 2 is 2.00 bits per heavy atom. The molecular weight excluding hydrogens is 233 g/mol. The standard InChI is InChI=1S/C7H7Cl2NO2S/c1-6-2-4-7(5-3-6)13(11,12)10(8)9/h2,4-5H,1,3H2. The molecule has 0 aromatic heterocycles. The van der Waals surface area contributed by atoms with Gasteiger partial charge in [0.25, 0.3) is 10.0 Å². The second kappa shape index (κ2) is 3.84. The zero-order chi connectivity index (χ0) is 10.1. The third kappa shape index (κ3) is 2.34. The fourth-order valence-corrected chi connectivity index (χ4v) is 2.01. The van der Waals surface area contributed by atoms with Gasteiger partial charge in [0, 0.05) is 23.6 Å². The summed E-state index contributed by atoms with van der Waals surface area (Å²) in [5.41, 5.74) is 0.842. The molecule has 0 atom stereocenters. The lowest BCUT2D eigenvalue weighted by molar-refractivity contribution is 0.587. The molecule has 1 aliphatic carbocycles. The van der Waals surface area contributed by atoms with Gasteiger partial charge < -0.3 is 0 Å². The van der Waals surface area contributed by atoms with Gasteiger partial charge in [0.2, 0.25) is 0 Å². The van der Waals surface area contributed by atoms with Crippen LogP contribution in [0.15, 0.2) is 35.3 Å². The molecule has 1 aliphatic rings. The molecule has 0 saturated heterocycles. The summed E-state index contributed by atoms with van der Waals surface area (Å²) in [5.74, 6) is 0. The highest BCUT2D eigenvalue weighted by Gasteiger charge is 2.23. The van der Waals surface area contributed by atoms with E-state index in [4.69, 9.17) is 23.6 Å². The number of halogens is 2. The molecule has 0 amide bonds. The van der Waals surface area contributed by atoms with E-state index in [1.54, 1.807) is 6.08 Å². The summed E-state index contributed by atoms with van der Waals surface area (Å²) in [4.78, 5) is 0.0879. The van der Waals surface area contributed by atoms with Crippen LogP contribution in [0.3, 0.4) is 0 Å². The molecule has 0 radical (unpaired) electrons. The normalized spacial score (nSPS) is 17.8. The minimum atomic E-state index is -3.73. The van der Waals surface area contributed by atoms with Gasteiger partial charge in [0.1, 0.15) is 0 Å². The molecule has 1 rings (SSSR count). The van der Waals surface area contributed by atoms with E-state index in [1.807, 2.05) is 0 Å². The molecule has 72 valence electrons. The van der Waals surface area contributed by atoms with Crippen molar-refractivity contribution in [3.8, 4) is 0 Å². The van der Waals surface area contributed by atoms with E-state index in [0.717, 1.165) is 5.57 Å². The quantitative estimate of drug-likeness (QED) is 0.694. The van der Waals surface area contributed by atoms with Crippen molar-refractivity contribution in [2.45, 2.75) is 6.42 Å². The maximum Gasteiger partial charge on any atom is 0.270 e. The van der Waals surface area contributed by atoms with Gasteiger partial charge in [-0.25, -0.2) is 8.42 Å². The smallest absolute Gasteiger partial charge is 0.204 e. The van der Waals surface area contributed by atoms with Crippen LogP contribution in [0.25, 0.3) is 0 Å². The number of rotatable bonds is 2. The lowest BCUT2D eigenvalue weighted by Crippen LogP contribution is -2.14. The fraction of sp³-hybridized carbons (Fsp3) is 0.143. The number of sulfonamides is 1. The zero-order valence-electron chi connectivity index (χ0n) is 6.57. The lowest BCUT2D eigenvalue weighted by atomic mass is 10.1. The minimum absolute atomic E-state index is 0.0879. The van der Waals surface area contributed by atoms with E-state index in [9.17, 15) is 8.42 Å². The lowest BCUT2D eigenvalue weighted by Gasteiger charge is -2.10. The van der Waals surface area contributed by atoms with Crippen molar-refractivity contribution in [1.29, 1.82) is 0 Å². The predicted octanol–water partition coefficient (Wildman–Crippen LogP) is 2.33. The molecule has 0 spiro atoms. The first-order valence-electron chi connectivity index (χ1n) is 3.37. The maximum absolute atomic E-state index is 11.3. The highest BCUT2D eigenvalue weighted by atomic mass is 35.5. The van der Waals surface area contributed by atoms with Crippen molar-refractivity contribution < 1.29 is 8.42 Å². The van der Waals surface area contributed by atoms with Crippen molar-refractivity contribution in [3.05, 3.63) is 35.3 Å². The van der Waals surface area contributed by atoms with Crippen molar-refractivity contribution in [1.82, 2.24) is 3.34 Å². The minimum Gasteiger partial charge on any atom is -0.204 e. The summed E-state index contributed by atoms with van der Waals surface area (Å²) in [7, 11) is -3.73. The van der Waals surface area contributed by atoms with Crippen LogP contribution in [-0.4, -0.2) is 11.8 Å². The van der Waals surface area contributed by atoms with Crippen LogP contribution in [0.4, 0.5) is 0 Å². The van der Waals surface area contributed by atoms with Crippen molar-refractivity contribution >= 4 is 33.6 Å². The average Bonchev–Trinajstić information content (AvgIpc) is 2.04. The third-order valence-electron chi connectivity index (χ3n) is 1.53. The van der Waals surface area contributed by atoms with Gasteiger partial charge in [0.05, 0.1) is 4.91 Å². The number of nitrogens with zero attached hydrogens (tertiary/aromatic N) is 1. The molecule has 0 unspecified atom stereocenters. The molecule has 13 heavy (non-hydrogen) atoms. The predicted molar refractivity (Wildman–Crippen MR) is 53.4 cm³/mol. The summed E-state index contributed by atoms with van der Waals surface area (Å²) in [6, 6.07) is 0. The Hall–Kier alpha value is -0.290. The summed E-state index contributed by atoms with van der Waals surface area (Å²) in [6.45, 7) is 3.67. The molecular formula is C7H7Cl2NO2S. The van der Waals surface area contributed by atoms with Crippen molar-refractivity contribution in [3.63, 3.8) is 0 Å².